The summed E-state index contributed by atoms with van der Waals surface area (Å²) >= 11 is 0. The van der Waals surface area contributed by atoms with E-state index < -0.39 is 0 Å². The molecule has 2 heterocycles. The molecule has 7 aromatic carbocycles. The Morgan fingerprint density at radius 1 is 0.370 bits per heavy atom. The molecular weight excluding hydrogens is 564 g/mol. The summed E-state index contributed by atoms with van der Waals surface area (Å²) < 4.78 is 4.07. The van der Waals surface area contributed by atoms with Crippen LogP contribution in [0.25, 0.3) is 87.4 Å². The fourth-order valence-corrected chi connectivity index (χ4v) is 7.36. The minimum Gasteiger partial charge on any atom is -0.343 e. The highest BCUT2D eigenvalue weighted by molar-refractivity contribution is 6.06. The minimum atomic E-state index is -0.0362. The number of aryl methyl sites for hydroxylation is 2. The summed E-state index contributed by atoms with van der Waals surface area (Å²) in [5.74, 6) is 0. The summed E-state index contributed by atoms with van der Waals surface area (Å²) in [4.78, 5) is 28.4. The largest absolute Gasteiger partial charge is 0.343 e. The Morgan fingerprint density at radius 2 is 0.761 bits per heavy atom. The number of aromatic nitrogens is 2. The van der Waals surface area contributed by atoms with Crippen LogP contribution in [-0.4, -0.2) is 9.13 Å². The van der Waals surface area contributed by atoms with E-state index in [0.717, 1.165) is 65.9 Å². The van der Waals surface area contributed by atoms with E-state index in [9.17, 15) is 9.59 Å². The van der Waals surface area contributed by atoms with Gasteiger partial charge in [0, 0.05) is 35.6 Å². The summed E-state index contributed by atoms with van der Waals surface area (Å²) in [5, 5.41) is 7.14. The predicted octanol–water partition coefficient (Wildman–Crippen LogP) is 9.34. The molecule has 0 saturated heterocycles. The van der Waals surface area contributed by atoms with Crippen LogP contribution in [0, 0.1) is 0 Å². The van der Waals surface area contributed by atoms with Gasteiger partial charge in [0.1, 0.15) is 0 Å². The summed E-state index contributed by atoms with van der Waals surface area (Å²) in [5.41, 5.74) is 7.26. The van der Waals surface area contributed by atoms with Gasteiger partial charge in [-0.1, -0.05) is 97.1 Å². The van der Waals surface area contributed by atoms with Gasteiger partial charge in [0.2, 0.25) is 0 Å². The quantitative estimate of drug-likeness (QED) is 0.188. The number of rotatable bonds is 2. The molecule has 0 bridgehead atoms. The van der Waals surface area contributed by atoms with Crippen molar-refractivity contribution in [1.29, 1.82) is 0 Å². The van der Waals surface area contributed by atoms with Crippen LogP contribution in [0.4, 0.5) is 0 Å². The van der Waals surface area contributed by atoms with Crippen LogP contribution in [0.15, 0.2) is 143 Å². The first-order valence-electron chi connectivity index (χ1n) is 15.5. The van der Waals surface area contributed by atoms with Crippen molar-refractivity contribution in [3.8, 4) is 22.3 Å². The first-order chi connectivity index (χ1) is 22.5. The van der Waals surface area contributed by atoms with Gasteiger partial charge >= 0.3 is 0 Å². The Balaban J connectivity index is 1.29. The zero-order chi connectivity index (χ0) is 31.1. The molecule has 0 saturated carbocycles. The molecule has 2 aromatic heterocycles. The van der Waals surface area contributed by atoms with Crippen molar-refractivity contribution in [1.82, 2.24) is 9.13 Å². The van der Waals surface area contributed by atoms with Crippen molar-refractivity contribution in [3.63, 3.8) is 0 Å². The van der Waals surface area contributed by atoms with Crippen LogP contribution in [0.1, 0.15) is 0 Å². The third kappa shape index (κ3) is 3.74. The molecule has 0 fully saturated rings. The molecule has 46 heavy (non-hydrogen) atoms. The Kier molecular flexibility index (Phi) is 5.60. The average molecular weight is 593 g/mol. The predicted molar refractivity (Wildman–Crippen MR) is 193 cm³/mol. The highest BCUT2D eigenvalue weighted by atomic mass is 16.1. The summed E-state index contributed by atoms with van der Waals surface area (Å²) in [6.07, 6.45) is 0. The maximum atomic E-state index is 14.2. The first kappa shape index (κ1) is 26.4. The van der Waals surface area contributed by atoms with Crippen LogP contribution in [0.2, 0.25) is 0 Å². The van der Waals surface area contributed by atoms with Gasteiger partial charge in [-0.15, -0.1) is 0 Å². The van der Waals surface area contributed by atoms with E-state index in [2.05, 4.69) is 72.8 Å². The second kappa shape index (κ2) is 9.75. The molecule has 0 atom stereocenters. The molecule has 0 aliphatic rings. The summed E-state index contributed by atoms with van der Waals surface area (Å²) in [6, 6.07) is 45.2. The van der Waals surface area contributed by atoms with E-state index in [4.69, 9.17) is 0 Å². The molecule has 0 radical (unpaired) electrons. The fourth-order valence-electron chi connectivity index (χ4n) is 7.36. The van der Waals surface area contributed by atoms with E-state index in [1.165, 1.54) is 0 Å². The minimum absolute atomic E-state index is 0.0362. The highest BCUT2D eigenvalue weighted by Crippen LogP contribution is 2.33. The van der Waals surface area contributed by atoms with Gasteiger partial charge in [-0.3, -0.25) is 9.59 Å². The zero-order valence-corrected chi connectivity index (χ0v) is 25.4. The van der Waals surface area contributed by atoms with E-state index in [0.29, 0.717) is 21.5 Å². The molecule has 4 heteroatoms. The van der Waals surface area contributed by atoms with E-state index in [-0.39, 0.29) is 10.9 Å². The lowest BCUT2D eigenvalue weighted by atomic mass is 9.96. The average Bonchev–Trinajstić information content (AvgIpc) is 3.11. The van der Waals surface area contributed by atoms with Crippen LogP contribution in [0.3, 0.4) is 0 Å². The van der Waals surface area contributed by atoms with Crippen LogP contribution in [-0.2, 0) is 14.1 Å². The number of nitrogens with zero attached hydrogens (tertiary/aromatic N) is 2. The summed E-state index contributed by atoms with van der Waals surface area (Å²) in [7, 11) is 3.94. The van der Waals surface area contributed by atoms with E-state index in [1.807, 2.05) is 83.9 Å². The monoisotopic (exact) mass is 592 g/mol. The maximum absolute atomic E-state index is 14.2. The number of benzene rings is 7. The van der Waals surface area contributed by atoms with Crippen LogP contribution >= 0.6 is 0 Å². The van der Waals surface area contributed by atoms with Crippen molar-refractivity contribution in [3.05, 3.63) is 154 Å². The van der Waals surface area contributed by atoms with Gasteiger partial charge in [-0.05, 0) is 80.2 Å². The first-order valence-corrected chi connectivity index (χ1v) is 15.5. The number of hydrogen-bond acceptors (Lipinski definition) is 2. The van der Waals surface area contributed by atoms with Crippen LogP contribution < -0.4 is 10.9 Å². The molecule has 9 rings (SSSR count). The smallest absolute Gasteiger partial charge is 0.197 e. The molecule has 0 spiro atoms. The molecule has 0 aliphatic heterocycles. The second-order valence-corrected chi connectivity index (χ2v) is 12.2. The van der Waals surface area contributed by atoms with E-state index >= 15 is 0 Å². The lowest BCUT2D eigenvalue weighted by Gasteiger charge is -2.16. The van der Waals surface area contributed by atoms with Gasteiger partial charge in [0.05, 0.1) is 22.1 Å². The molecule has 0 amide bonds. The van der Waals surface area contributed by atoms with Gasteiger partial charge in [0.25, 0.3) is 0 Å². The molecule has 218 valence electrons. The van der Waals surface area contributed by atoms with Crippen molar-refractivity contribution in [2.45, 2.75) is 0 Å². The Hall–Kier alpha value is -6.00. The zero-order valence-electron chi connectivity index (χ0n) is 25.4. The molecule has 9 aromatic rings. The Morgan fingerprint density at radius 3 is 1.22 bits per heavy atom. The number of pyridine rings is 2. The molecular formula is C42H28N2O2. The van der Waals surface area contributed by atoms with Crippen molar-refractivity contribution < 1.29 is 0 Å². The topological polar surface area (TPSA) is 44.0 Å². The third-order valence-corrected chi connectivity index (χ3v) is 9.73. The third-order valence-electron chi connectivity index (χ3n) is 9.73. The lowest BCUT2D eigenvalue weighted by molar-refractivity contribution is 0.994. The highest BCUT2D eigenvalue weighted by Gasteiger charge is 2.17. The van der Waals surface area contributed by atoms with Crippen molar-refractivity contribution in [2.75, 3.05) is 0 Å². The Bertz CT molecular complexity index is 2670. The molecule has 4 nitrogen and oxygen atoms in total. The van der Waals surface area contributed by atoms with Gasteiger partial charge in [-0.2, -0.15) is 0 Å². The van der Waals surface area contributed by atoms with Crippen molar-refractivity contribution >= 4 is 65.2 Å². The number of hydrogen-bond donors (Lipinski definition) is 0. The van der Waals surface area contributed by atoms with E-state index in [1.54, 1.807) is 0 Å². The molecule has 0 unspecified atom stereocenters. The molecule has 0 N–H and O–H groups in total. The van der Waals surface area contributed by atoms with Gasteiger partial charge in [-0.25, -0.2) is 0 Å². The van der Waals surface area contributed by atoms with Gasteiger partial charge in [0.15, 0.2) is 10.9 Å². The summed E-state index contributed by atoms with van der Waals surface area (Å²) in [6.45, 7) is 0. The van der Waals surface area contributed by atoms with Crippen LogP contribution in [0.5, 0.6) is 0 Å². The van der Waals surface area contributed by atoms with Gasteiger partial charge < -0.3 is 9.13 Å². The standard InChI is InChI=1S/C42H28N2O2/c1-43-37-19-17-27(31-15-7-11-25-9-3-5-13-29(25)31)21-33(37)41(45)35-24-40-36(23-39(35)43)42(46)34-22-28(18-20-38(34)44(40)2)32-16-8-12-26-10-4-6-14-30(26)32/h3-24H,1-2H3. The SMILES string of the molecule is Cn1c2ccc(-c3cccc4ccccc34)cc2c(=O)c2cc3c(cc21)c(=O)c1cc(-c2cccc4ccccc24)ccc1n3C. The molecule has 0 aliphatic carbocycles. The Labute approximate surface area is 264 Å². The maximum Gasteiger partial charge on any atom is 0.197 e. The number of fused-ring (bicyclic) bond motifs is 6. The fraction of sp³-hybridized carbons (Fsp3) is 0.0476. The second-order valence-electron chi connectivity index (χ2n) is 12.2. The lowest BCUT2D eigenvalue weighted by Crippen LogP contribution is -2.13. The van der Waals surface area contributed by atoms with Crippen molar-refractivity contribution in [2.24, 2.45) is 14.1 Å². The normalized spacial score (nSPS) is 11.9.